The maximum Gasteiger partial charge on any atom is 0.203 e. The molecule has 33 heavy (non-hydrogen) atoms. The van der Waals surface area contributed by atoms with E-state index >= 15 is 0 Å². The molecule has 0 saturated carbocycles. The number of benzene rings is 2. The maximum atomic E-state index is 5.50. The summed E-state index contributed by atoms with van der Waals surface area (Å²) in [5.41, 5.74) is 2.47. The molecular formula is C25H37IN4O3. The van der Waals surface area contributed by atoms with Crippen molar-refractivity contribution in [3.8, 4) is 17.2 Å². The highest BCUT2D eigenvalue weighted by Crippen LogP contribution is 2.38. The third-order valence-corrected chi connectivity index (χ3v) is 5.64. The van der Waals surface area contributed by atoms with Gasteiger partial charge in [-0.1, -0.05) is 30.3 Å². The number of rotatable bonds is 9. The van der Waals surface area contributed by atoms with Crippen LogP contribution in [0, 0.1) is 0 Å². The summed E-state index contributed by atoms with van der Waals surface area (Å²) < 4.78 is 16.4. The van der Waals surface area contributed by atoms with Gasteiger partial charge in [-0.05, 0) is 36.6 Å². The Labute approximate surface area is 215 Å². The second-order valence-corrected chi connectivity index (χ2v) is 7.77. The number of piperazine rings is 1. The average Bonchev–Trinajstić information content (AvgIpc) is 2.84. The lowest BCUT2D eigenvalue weighted by Gasteiger charge is -2.36. The van der Waals surface area contributed by atoms with Crippen molar-refractivity contribution in [2.24, 2.45) is 4.99 Å². The Bertz CT molecular complexity index is 846. The molecule has 2 aromatic rings. The first-order chi connectivity index (χ1) is 15.7. The third kappa shape index (κ3) is 7.67. The van der Waals surface area contributed by atoms with Gasteiger partial charge in [-0.3, -0.25) is 9.89 Å². The number of nitrogens with one attached hydrogen (secondary N) is 1. The van der Waals surface area contributed by atoms with Crippen molar-refractivity contribution < 1.29 is 14.2 Å². The summed E-state index contributed by atoms with van der Waals surface area (Å²) in [7, 11) is 4.93. The summed E-state index contributed by atoms with van der Waals surface area (Å²) >= 11 is 0. The average molecular weight is 569 g/mol. The fourth-order valence-electron chi connectivity index (χ4n) is 3.96. The van der Waals surface area contributed by atoms with Crippen LogP contribution in [-0.4, -0.2) is 76.4 Å². The van der Waals surface area contributed by atoms with E-state index in [2.05, 4.69) is 52.4 Å². The van der Waals surface area contributed by atoms with Gasteiger partial charge in [0.05, 0.1) is 21.3 Å². The highest BCUT2D eigenvalue weighted by Gasteiger charge is 2.21. The molecule has 182 valence electrons. The van der Waals surface area contributed by atoms with E-state index in [1.54, 1.807) is 21.3 Å². The van der Waals surface area contributed by atoms with Crippen molar-refractivity contribution >= 4 is 29.9 Å². The molecule has 0 aromatic heterocycles. The van der Waals surface area contributed by atoms with Crippen molar-refractivity contribution in [1.29, 1.82) is 0 Å². The molecule has 1 saturated heterocycles. The van der Waals surface area contributed by atoms with Crippen molar-refractivity contribution in [3.05, 3.63) is 53.6 Å². The molecule has 7 nitrogen and oxygen atoms in total. The molecule has 1 aliphatic heterocycles. The molecule has 0 atom stereocenters. The zero-order chi connectivity index (χ0) is 22.8. The molecule has 0 bridgehead atoms. The first kappa shape index (κ1) is 27.0. The Morgan fingerprint density at radius 2 is 1.55 bits per heavy atom. The number of halogens is 1. The smallest absolute Gasteiger partial charge is 0.203 e. The third-order valence-electron chi connectivity index (χ3n) is 5.64. The molecule has 0 spiro atoms. The summed E-state index contributed by atoms with van der Waals surface area (Å²) in [6.45, 7) is 8.45. The first-order valence-electron chi connectivity index (χ1n) is 11.3. The minimum Gasteiger partial charge on any atom is -0.493 e. The minimum atomic E-state index is 0. The lowest BCUT2D eigenvalue weighted by atomic mass is 10.1. The number of methoxy groups -OCH3 is 3. The van der Waals surface area contributed by atoms with Gasteiger partial charge in [0.1, 0.15) is 0 Å². The number of nitrogens with zero attached hydrogens (tertiary/aromatic N) is 3. The Kier molecular flexibility index (Phi) is 11.6. The molecule has 0 radical (unpaired) electrons. The van der Waals surface area contributed by atoms with Gasteiger partial charge in [0.25, 0.3) is 0 Å². The molecule has 1 aliphatic rings. The van der Waals surface area contributed by atoms with Crippen LogP contribution in [-0.2, 0) is 13.0 Å². The van der Waals surface area contributed by atoms with Crippen molar-refractivity contribution in [2.75, 3.05) is 60.6 Å². The maximum absolute atomic E-state index is 5.50. The van der Waals surface area contributed by atoms with Crippen LogP contribution >= 0.6 is 24.0 Å². The molecule has 8 heteroatoms. The van der Waals surface area contributed by atoms with E-state index in [9.17, 15) is 0 Å². The summed E-state index contributed by atoms with van der Waals surface area (Å²) in [6, 6.07) is 14.6. The molecular weight excluding hydrogens is 531 g/mol. The van der Waals surface area contributed by atoms with Crippen molar-refractivity contribution in [1.82, 2.24) is 15.1 Å². The molecule has 2 aromatic carbocycles. The number of hydrogen-bond acceptors (Lipinski definition) is 5. The highest BCUT2D eigenvalue weighted by molar-refractivity contribution is 14.0. The second kappa shape index (κ2) is 14.1. The summed E-state index contributed by atoms with van der Waals surface area (Å²) in [5.74, 6) is 3.03. The van der Waals surface area contributed by atoms with Gasteiger partial charge in [0.15, 0.2) is 17.5 Å². The highest BCUT2D eigenvalue weighted by atomic mass is 127. The van der Waals surface area contributed by atoms with Crippen molar-refractivity contribution in [3.63, 3.8) is 0 Å². The van der Waals surface area contributed by atoms with E-state index in [1.165, 1.54) is 5.56 Å². The number of ether oxygens (including phenoxy) is 3. The van der Waals surface area contributed by atoms with Gasteiger partial charge >= 0.3 is 0 Å². The van der Waals surface area contributed by atoms with Gasteiger partial charge in [0.2, 0.25) is 5.75 Å². The second-order valence-electron chi connectivity index (χ2n) is 7.77. The molecule has 0 aliphatic carbocycles. The van der Waals surface area contributed by atoms with Gasteiger partial charge in [-0.15, -0.1) is 24.0 Å². The van der Waals surface area contributed by atoms with Crippen LogP contribution in [0.2, 0.25) is 0 Å². The Morgan fingerprint density at radius 1 is 0.909 bits per heavy atom. The monoisotopic (exact) mass is 568 g/mol. The van der Waals surface area contributed by atoms with Gasteiger partial charge in [-0.25, -0.2) is 0 Å². The minimum absolute atomic E-state index is 0. The standard InChI is InChI=1S/C25H36N4O3.HI/c1-5-26-25(27-12-11-20-9-7-6-8-10-20)29-15-13-28(14-16-29)19-21-17-22(30-2)24(32-4)23(18-21)31-3;/h6-10,17-18H,5,11-16,19H2,1-4H3,(H,26,27);1H. The lowest BCUT2D eigenvalue weighted by Crippen LogP contribution is -2.52. The van der Waals surface area contributed by atoms with E-state index in [-0.39, 0.29) is 24.0 Å². The van der Waals surface area contributed by atoms with E-state index < -0.39 is 0 Å². The number of guanidine groups is 1. The quantitative estimate of drug-likeness (QED) is 0.283. The Hall–Kier alpha value is -2.20. The van der Waals surface area contributed by atoms with Crippen molar-refractivity contribution in [2.45, 2.75) is 19.9 Å². The predicted molar refractivity (Wildman–Crippen MR) is 144 cm³/mol. The molecule has 1 N–H and O–H groups in total. The molecule has 0 amide bonds. The van der Waals surface area contributed by atoms with Gasteiger partial charge in [0, 0.05) is 45.8 Å². The molecule has 1 heterocycles. The number of hydrogen-bond donors (Lipinski definition) is 1. The van der Waals surface area contributed by atoms with E-state index in [4.69, 9.17) is 19.2 Å². The Morgan fingerprint density at radius 3 is 2.09 bits per heavy atom. The zero-order valence-electron chi connectivity index (χ0n) is 20.2. The molecule has 3 rings (SSSR count). The Balaban J connectivity index is 0.00000385. The van der Waals surface area contributed by atoms with Crippen LogP contribution in [0.5, 0.6) is 17.2 Å². The topological polar surface area (TPSA) is 58.6 Å². The predicted octanol–water partition coefficient (Wildman–Crippen LogP) is 3.66. The molecule has 0 unspecified atom stereocenters. The van der Waals surface area contributed by atoms with Gasteiger partial charge in [-0.2, -0.15) is 0 Å². The normalized spacial score (nSPS) is 14.4. The number of aliphatic imine (C=N–C) groups is 1. The van der Waals surface area contributed by atoms with Crippen LogP contribution in [0.25, 0.3) is 0 Å². The summed E-state index contributed by atoms with van der Waals surface area (Å²) in [4.78, 5) is 9.68. The van der Waals surface area contributed by atoms with Crippen LogP contribution in [0.4, 0.5) is 0 Å². The van der Waals surface area contributed by atoms with Gasteiger partial charge < -0.3 is 24.4 Å². The van der Waals surface area contributed by atoms with Crippen LogP contribution in [0.1, 0.15) is 18.1 Å². The van der Waals surface area contributed by atoms with Crippen LogP contribution in [0.15, 0.2) is 47.5 Å². The summed E-state index contributed by atoms with van der Waals surface area (Å²) in [6.07, 6.45) is 0.955. The van der Waals surface area contributed by atoms with E-state index in [1.807, 2.05) is 12.1 Å². The van der Waals surface area contributed by atoms with Crippen LogP contribution in [0.3, 0.4) is 0 Å². The van der Waals surface area contributed by atoms with E-state index in [0.29, 0.717) is 17.2 Å². The zero-order valence-corrected chi connectivity index (χ0v) is 22.5. The summed E-state index contributed by atoms with van der Waals surface area (Å²) in [5, 5.41) is 3.46. The lowest BCUT2D eigenvalue weighted by molar-refractivity contribution is 0.172. The largest absolute Gasteiger partial charge is 0.493 e. The SMILES string of the molecule is CCNC(=NCCc1ccccc1)N1CCN(Cc2cc(OC)c(OC)c(OC)c2)CC1.I. The first-order valence-corrected chi connectivity index (χ1v) is 11.3. The fourth-order valence-corrected chi connectivity index (χ4v) is 3.96. The fraction of sp³-hybridized carbons (Fsp3) is 0.480. The molecule has 1 fully saturated rings. The van der Waals surface area contributed by atoms with E-state index in [0.717, 1.165) is 63.8 Å². The van der Waals surface area contributed by atoms with Crippen LogP contribution < -0.4 is 19.5 Å².